The Hall–Kier alpha value is -0.830. The molecular weight excluding hydrogens is 268 g/mol. The van der Waals surface area contributed by atoms with Crippen LogP contribution in [-0.4, -0.2) is 12.9 Å². The molecule has 0 amide bonds. The van der Waals surface area contributed by atoms with E-state index in [4.69, 9.17) is 4.74 Å². The first-order valence-corrected chi connectivity index (χ1v) is 5.95. The maximum absolute atomic E-state index is 11.4. The number of hydrogen-bond acceptors (Lipinski definition) is 2. The third-order valence-electron chi connectivity index (χ3n) is 2.46. The molecule has 1 aromatic carbocycles. The number of hydrogen-bond donors (Lipinski definition) is 0. The molecule has 0 aliphatic heterocycles. The van der Waals surface area contributed by atoms with Crippen LogP contribution >= 0.6 is 15.9 Å². The normalized spacial score (nSPS) is 11.4. The standard InChI is InChI=1S/C13H17BrO2/c1-8(15)9-6-10(13(2,3)4)12(16-5)11(14)7-9/h6-7H,1-5H3. The molecule has 2 nitrogen and oxygen atoms in total. The van der Waals surface area contributed by atoms with Crippen LogP contribution in [0.25, 0.3) is 0 Å². The van der Waals surface area contributed by atoms with Crippen molar-refractivity contribution in [2.45, 2.75) is 33.1 Å². The number of ketones is 1. The fraction of sp³-hybridized carbons (Fsp3) is 0.462. The second-order valence-corrected chi connectivity index (χ2v) is 5.70. The zero-order valence-corrected chi connectivity index (χ0v) is 11.9. The largest absolute Gasteiger partial charge is 0.495 e. The molecule has 16 heavy (non-hydrogen) atoms. The Morgan fingerprint density at radius 3 is 2.25 bits per heavy atom. The van der Waals surface area contributed by atoms with Gasteiger partial charge in [-0.2, -0.15) is 0 Å². The van der Waals surface area contributed by atoms with E-state index in [0.717, 1.165) is 15.8 Å². The van der Waals surface area contributed by atoms with Gasteiger partial charge in [0.15, 0.2) is 5.78 Å². The van der Waals surface area contributed by atoms with Crippen molar-refractivity contribution in [2.75, 3.05) is 7.11 Å². The van der Waals surface area contributed by atoms with E-state index in [1.54, 1.807) is 20.1 Å². The zero-order valence-electron chi connectivity index (χ0n) is 10.3. The van der Waals surface area contributed by atoms with Crippen LogP contribution in [0.15, 0.2) is 16.6 Å². The van der Waals surface area contributed by atoms with E-state index in [2.05, 4.69) is 36.7 Å². The number of carbonyl (C=O) groups is 1. The molecule has 0 unspecified atom stereocenters. The number of methoxy groups -OCH3 is 1. The van der Waals surface area contributed by atoms with Crippen LogP contribution in [0.2, 0.25) is 0 Å². The summed E-state index contributed by atoms with van der Waals surface area (Å²) in [7, 11) is 1.64. The van der Waals surface area contributed by atoms with Crippen molar-refractivity contribution in [3.63, 3.8) is 0 Å². The predicted octanol–water partition coefficient (Wildman–Crippen LogP) is 3.96. The average molecular weight is 285 g/mol. The van der Waals surface area contributed by atoms with Gasteiger partial charge in [-0.25, -0.2) is 0 Å². The Bertz CT molecular complexity index is 417. The number of rotatable bonds is 2. The Morgan fingerprint density at radius 2 is 1.88 bits per heavy atom. The van der Waals surface area contributed by atoms with E-state index in [1.165, 1.54) is 0 Å². The van der Waals surface area contributed by atoms with Crippen molar-refractivity contribution in [2.24, 2.45) is 0 Å². The second kappa shape index (κ2) is 4.58. The highest BCUT2D eigenvalue weighted by Gasteiger charge is 2.22. The third kappa shape index (κ3) is 2.64. The fourth-order valence-electron chi connectivity index (χ4n) is 1.56. The summed E-state index contributed by atoms with van der Waals surface area (Å²) >= 11 is 3.44. The molecule has 0 spiro atoms. The van der Waals surface area contributed by atoms with Crippen LogP contribution in [0, 0.1) is 0 Å². The molecule has 0 aliphatic rings. The number of ether oxygens (including phenoxy) is 1. The van der Waals surface area contributed by atoms with E-state index in [0.29, 0.717) is 5.56 Å². The minimum atomic E-state index is -0.0562. The molecule has 1 rings (SSSR count). The average Bonchev–Trinajstić information content (AvgIpc) is 2.14. The highest BCUT2D eigenvalue weighted by Crippen LogP contribution is 2.37. The van der Waals surface area contributed by atoms with Gasteiger partial charge < -0.3 is 4.74 Å². The Kier molecular flexibility index (Phi) is 3.79. The lowest BCUT2D eigenvalue weighted by molar-refractivity contribution is 0.101. The Morgan fingerprint density at radius 1 is 1.31 bits per heavy atom. The molecule has 0 fully saturated rings. The van der Waals surface area contributed by atoms with Crippen molar-refractivity contribution in [3.05, 3.63) is 27.7 Å². The monoisotopic (exact) mass is 284 g/mol. The molecule has 0 bridgehead atoms. The van der Waals surface area contributed by atoms with Gasteiger partial charge in [-0.15, -0.1) is 0 Å². The Labute approximate surface area is 105 Å². The van der Waals surface area contributed by atoms with Crippen LogP contribution in [0.3, 0.4) is 0 Å². The fourth-order valence-corrected chi connectivity index (χ4v) is 2.18. The lowest BCUT2D eigenvalue weighted by atomic mass is 9.85. The van der Waals surface area contributed by atoms with Crippen molar-refractivity contribution in [1.29, 1.82) is 0 Å². The zero-order chi connectivity index (χ0) is 12.5. The molecule has 0 radical (unpaired) electrons. The van der Waals surface area contributed by atoms with Gasteiger partial charge in [-0.05, 0) is 40.4 Å². The molecule has 0 saturated heterocycles. The number of benzene rings is 1. The van der Waals surface area contributed by atoms with Crippen molar-refractivity contribution in [1.82, 2.24) is 0 Å². The first-order chi connectivity index (χ1) is 7.27. The summed E-state index contributed by atoms with van der Waals surface area (Å²) < 4.78 is 6.21. The molecule has 0 heterocycles. The van der Waals surface area contributed by atoms with Gasteiger partial charge in [0, 0.05) is 11.1 Å². The van der Waals surface area contributed by atoms with Gasteiger partial charge in [-0.3, -0.25) is 4.79 Å². The van der Waals surface area contributed by atoms with Crippen molar-refractivity contribution < 1.29 is 9.53 Å². The van der Waals surface area contributed by atoms with Crippen molar-refractivity contribution in [3.8, 4) is 5.75 Å². The molecule has 1 aromatic rings. The van der Waals surface area contributed by atoms with Gasteiger partial charge in [0.2, 0.25) is 0 Å². The summed E-state index contributed by atoms with van der Waals surface area (Å²) in [6.07, 6.45) is 0. The van der Waals surface area contributed by atoms with Crippen LogP contribution in [0.4, 0.5) is 0 Å². The number of Topliss-reactive ketones (excluding diaryl/α,β-unsaturated/α-hetero) is 1. The molecule has 0 atom stereocenters. The van der Waals surface area contributed by atoms with Crippen molar-refractivity contribution >= 4 is 21.7 Å². The molecule has 3 heteroatoms. The third-order valence-corrected chi connectivity index (χ3v) is 3.05. The topological polar surface area (TPSA) is 26.3 Å². The summed E-state index contributed by atoms with van der Waals surface area (Å²) in [6, 6.07) is 3.71. The Balaban J connectivity index is 3.49. The van der Waals surface area contributed by atoms with E-state index in [1.807, 2.05) is 6.07 Å². The molecule has 0 aliphatic carbocycles. The highest BCUT2D eigenvalue weighted by molar-refractivity contribution is 9.10. The summed E-state index contributed by atoms with van der Waals surface area (Å²) in [5.41, 5.74) is 1.69. The quantitative estimate of drug-likeness (QED) is 0.769. The summed E-state index contributed by atoms with van der Waals surface area (Å²) in [6.45, 7) is 7.87. The summed E-state index contributed by atoms with van der Waals surface area (Å²) in [5.74, 6) is 0.867. The number of carbonyl (C=O) groups excluding carboxylic acids is 1. The van der Waals surface area contributed by atoms with Crippen LogP contribution in [0.1, 0.15) is 43.6 Å². The molecule has 88 valence electrons. The molecule has 0 aromatic heterocycles. The van der Waals surface area contributed by atoms with Gasteiger partial charge in [0.1, 0.15) is 5.75 Å². The minimum absolute atomic E-state index is 0.0562. The van der Waals surface area contributed by atoms with Crippen LogP contribution in [0.5, 0.6) is 5.75 Å². The van der Waals surface area contributed by atoms with E-state index in [9.17, 15) is 4.79 Å². The minimum Gasteiger partial charge on any atom is -0.495 e. The van der Waals surface area contributed by atoms with Gasteiger partial charge in [0.05, 0.1) is 11.6 Å². The summed E-state index contributed by atoms with van der Waals surface area (Å²) in [4.78, 5) is 11.4. The lowest BCUT2D eigenvalue weighted by Gasteiger charge is -2.23. The van der Waals surface area contributed by atoms with Crippen LogP contribution < -0.4 is 4.74 Å². The second-order valence-electron chi connectivity index (χ2n) is 4.85. The maximum Gasteiger partial charge on any atom is 0.159 e. The highest BCUT2D eigenvalue weighted by atomic mass is 79.9. The maximum atomic E-state index is 11.4. The van der Waals surface area contributed by atoms with Gasteiger partial charge in [-0.1, -0.05) is 20.8 Å². The number of halogens is 1. The van der Waals surface area contributed by atoms with E-state index < -0.39 is 0 Å². The van der Waals surface area contributed by atoms with Gasteiger partial charge in [0.25, 0.3) is 0 Å². The first kappa shape index (κ1) is 13.2. The SMILES string of the molecule is COc1c(Br)cc(C(C)=O)cc1C(C)(C)C. The van der Waals surface area contributed by atoms with E-state index >= 15 is 0 Å². The molecule has 0 saturated carbocycles. The predicted molar refractivity (Wildman–Crippen MR) is 69.4 cm³/mol. The van der Waals surface area contributed by atoms with Gasteiger partial charge >= 0.3 is 0 Å². The molecular formula is C13H17BrO2. The van der Waals surface area contributed by atoms with Crippen LogP contribution in [-0.2, 0) is 5.41 Å². The van der Waals surface area contributed by atoms with E-state index in [-0.39, 0.29) is 11.2 Å². The lowest BCUT2D eigenvalue weighted by Crippen LogP contribution is -2.14. The first-order valence-electron chi connectivity index (χ1n) is 5.16. The molecule has 0 N–H and O–H groups in total. The summed E-state index contributed by atoms with van der Waals surface area (Å²) in [5, 5.41) is 0. The smallest absolute Gasteiger partial charge is 0.159 e.